The van der Waals surface area contributed by atoms with Gasteiger partial charge in [0.1, 0.15) is 0 Å². The average molecular weight is 582 g/mol. The van der Waals surface area contributed by atoms with Gasteiger partial charge < -0.3 is 9.64 Å². The molecule has 6 rings (SSSR count). The first-order valence-electron chi connectivity index (χ1n) is 14.8. The van der Waals surface area contributed by atoms with Gasteiger partial charge in [-0.3, -0.25) is 14.8 Å². The number of pyridine rings is 1. The Morgan fingerprint density at radius 3 is 2.45 bits per heavy atom. The number of esters is 1. The van der Waals surface area contributed by atoms with Crippen LogP contribution in [0.5, 0.6) is 0 Å². The standard InChI is InChI=1S/C35H36ClN3O3/c1-23-20-27-8-9-28-21-35(2,36)15-10-29(28)30(31(27)38-22-23)24-13-18-39(19-14-24)33(40)32(25-6-4-3-5-7-25)42-34(41)26-11-16-37-17-12-26/h3-7,10-12,15-17,22-23,32H,8-9,13-14,18-21H2,1-2H3. The second-order valence-electron chi connectivity index (χ2n) is 12.0. The van der Waals surface area contributed by atoms with E-state index in [1.807, 2.05) is 35.2 Å². The fraction of sp³-hybridized carbons (Fsp3) is 0.371. The van der Waals surface area contributed by atoms with Crippen LogP contribution in [0.3, 0.4) is 0 Å². The van der Waals surface area contributed by atoms with Gasteiger partial charge in [0, 0.05) is 42.8 Å². The molecular formula is C35H36ClN3O3. The summed E-state index contributed by atoms with van der Waals surface area (Å²) in [5.41, 5.74) is 8.83. The first-order valence-corrected chi connectivity index (χ1v) is 15.2. The molecule has 3 heterocycles. The van der Waals surface area contributed by atoms with Crippen molar-refractivity contribution in [2.45, 2.75) is 63.4 Å². The number of ether oxygens (including phenoxy) is 1. The maximum absolute atomic E-state index is 13.9. The highest BCUT2D eigenvalue weighted by atomic mass is 35.5. The Labute approximate surface area is 252 Å². The highest BCUT2D eigenvalue weighted by molar-refractivity contribution is 6.25. The van der Waals surface area contributed by atoms with Crippen molar-refractivity contribution in [1.82, 2.24) is 9.88 Å². The van der Waals surface area contributed by atoms with Crippen molar-refractivity contribution in [3.63, 3.8) is 0 Å². The molecule has 4 aliphatic rings. The van der Waals surface area contributed by atoms with Crippen LogP contribution in [0.4, 0.5) is 0 Å². The summed E-state index contributed by atoms with van der Waals surface area (Å²) in [5, 5.41) is 0. The van der Waals surface area contributed by atoms with Crippen LogP contribution in [0.1, 0.15) is 74.4 Å². The molecule has 1 fully saturated rings. The Hall–Kier alpha value is -3.77. The normalized spacial score (nSPS) is 24.6. The summed E-state index contributed by atoms with van der Waals surface area (Å²) >= 11 is 6.80. The molecule has 0 bridgehead atoms. The molecule has 42 heavy (non-hydrogen) atoms. The first-order chi connectivity index (χ1) is 20.3. The van der Waals surface area contributed by atoms with Crippen molar-refractivity contribution in [3.05, 3.63) is 112 Å². The number of amides is 1. The molecule has 1 saturated heterocycles. The van der Waals surface area contributed by atoms with E-state index in [1.54, 1.807) is 12.1 Å². The van der Waals surface area contributed by atoms with Crippen molar-refractivity contribution < 1.29 is 14.3 Å². The summed E-state index contributed by atoms with van der Waals surface area (Å²) in [6.45, 7) is 5.41. The van der Waals surface area contributed by atoms with E-state index in [2.05, 4.69) is 37.2 Å². The summed E-state index contributed by atoms with van der Waals surface area (Å²) in [5.74, 6) is -0.312. The van der Waals surface area contributed by atoms with Crippen LogP contribution in [0.25, 0.3) is 0 Å². The highest BCUT2D eigenvalue weighted by Crippen LogP contribution is 2.46. The third-order valence-electron chi connectivity index (χ3n) is 8.63. The lowest BCUT2D eigenvalue weighted by Crippen LogP contribution is -2.41. The second kappa shape index (κ2) is 11.8. The van der Waals surface area contributed by atoms with Crippen molar-refractivity contribution in [1.29, 1.82) is 0 Å². The highest BCUT2D eigenvalue weighted by Gasteiger charge is 2.35. The molecule has 0 spiro atoms. The average Bonchev–Trinajstić information content (AvgIpc) is 3.16. The molecule has 7 heteroatoms. The van der Waals surface area contributed by atoms with Crippen LogP contribution in [0.2, 0.25) is 0 Å². The summed E-state index contributed by atoms with van der Waals surface area (Å²) in [7, 11) is 0. The van der Waals surface area contributed by atoms with Crippen LogP contribution in [0.15, 0.2) is 106 Å². The molecular weight excluding hydrogens is 546 g/mol. The molecule has 1 amide bonds. The van der Waals surface area contributed by atoms with Gasteiger partial charge in [0.2, 0.25) is 6.10 Å². The fourth-order valence-corrected chi connectivity index (χ4v) is 6.70. The van der Waals surface area contributed by atoms with Gasteiger partial charge in [-0.05, 0) is 74.6 Å². The summed E-state index contributed by atoms with van der Waals surface area (Å²) in [6.07, 6.45) is 13.8. The third-order valence-corrected chi connectivity index (χ3v) is 8.89. The molecule has 2 aliphatic heterocycles. The predicted octanol–water partition coefficient (Wildman–Crippen LogP) is 7.31. The van der Waals surface area contributed by atoms with Crippen molar-refractivity contribution in [3.8, 4) is 0 Å². The largest absolute Gasteiger partial charge is 0.444 e. The number of piperidine rings is 1. The third kappa shape index (κ3) is 5.91. The van der Waals surface area contributed by atoms with Crippen LogP contribution in [-0.4, -0.2) is 45.9 Å². The molecule has 216 valence electrons. The minimum Gasteiger partial charge on any atom is -0.444 e. The molecule has 0 saturated carbocycles. The molecule has 2 aliphatic carbocycles. The maximum Gasteiger partial charge on any atom is 0.339 e. The zero-order valence-electron chi connectivity index (χ0n) is 24.2. The number of allylic oxidation sites excluding steroid dienone is 5. The van der Waals surface area contributed by atoms with Crippen molar-refractivity contribution in [2.24, 2.45) is 10.9 Å². The van der Waals surface area contributed by atoms with Crippen LogP contribution >= 0.6 is 11.6 Å². The van der Waals surface area contributed by atoms with Gasteiger partial charge in [0.05, 0.1) is 16.1 Å². The SMILES string of the molecule is CC1C=NC2=C(CCC3=C(C=CC(C)(Cl)C3)C2=C2CCN(C(=O)C(OC(=O)c3ccncc3)c3ccccc3)CC2)C1. The number of benzene rings is 1. The molecule has 0 radical (unpaired) electrons. The van der Waals surface area contributed by atoms with Gasteiger partial charge in [-0.15, -0.1) is 11.6 Å². The molecule has 3 unspecified atom stereocenters. The number of halogens is 1. The quantitative estimate of drug-likeness (QED) is 0.280. The van der Waals surface area contributed by atoms with Crippen LogP contribution in [-0.2, 0) is 9.53 Å². The molecule has 0 N–H and O–H groups in total. The maximum atomic E-state index is 13.9. The number of aromatic nitrogens is 1. The first kappa shape index (κ1) is 28.4. The van der Waals surface area contributed by atoms with E-state index in [-0.39, 0.29) is 10.8 Å². The Morgan fingerprint density at radius 1 is 1.00 bits per heavy atom. The summed E-state index contributed by atoms with van der Waals surface area (Å²) < 4.78 is 5.84. The topological polar surface area (TPSA) is 71.9 Å². The van der Waals surface area contributed by atoms with E-state index < -0.39 is 12.1 Å². The van der Waals surface area contributed by atoms with E-state index in [0.717, 1.165) is 44.2 Å². The molecule has 6 nitrogen and oxygen atoms in total. The fourth-order valence-electron chi connectivity index (χ4n) is 6.47. The van der Waals surface area contributed by atoms with E-state index in [9.17, 15) is 9.59 Å². The Morgan fingerprint density at radius 2 is 1.71 bits per heavy atom. The number of hydrogen-bond donors (Lipinski definition) is 0. The molecule has 2 aromatic rings. The van der Waals surface area contributed by atoms with Crippen LogP contribution in [0, 0.1) is 5.92 Å². The smallest absolute Gasteiger partial charge is 0.339 e. The monoisotopic (exact) mass is 581 g/mol. The summed E-state index contributed by atoms with van der Waals surface area (Å²) in [6, 6.07) is 12.4. The Balaban J connectivity index is 1.28. The lowest BCUT2D eigenvalue weighted by molar-refractivity contribution is -0.141. The van der Waals surface area contributed by atoms with Crippen molar-refractivity contribution >= 4 is 29.7 Å². The summed E-state index contributed by atoms with van der Waals surface area (Å²) in [4.78, 5) is 37.3. The zero-order valence-corrected chi connectivity index (χ0v) is 24.9. The van der Waals surface area contributed by atoms with Gasteiger partial charge in [0.25, 0.3) is 5.91 Å². The minimum absolute atomic E-state index is 0.201. The van der Waals surface area contributed by atoms with Crippen molar-refractivity contribution in [2.75, 3.05) is 13.1 Å². The van der Waals surface area contributed by atoms with Gasteiger partial charge in [-0.2, -0.15) is 0 Å². The molecule has 3 atom stereocenters. The minimum atomic E-state index is -1.02. The van der Waals surface area contributed by atoms with E-state index in [4.69, 9.17) is 21.3 Å². The number of carbonyl (C=O) groups is 2. The number of alkyl halides is 1. The predicted molar refractivity (Wildman–Crippen MR) is 165 cm³/mol. The van der Waals surface area contributed by atoms with Gasteiger partial charge in [-0.25, -0.2) is 4.79 Å². The zero-order chi connectivity index (χ0) is 29.3. The Kier molecular flexibility index (Phi) is 8.00. The number of hydrogen-bond acceptors (Lipinski definition) is 5. The van der Waals surface area contributed by atoms with Gasteiger partial charge >= 0.3 is 5.97 Å². The van der Waals surface area contributed by atoms with Gasteiger partial charge in [0.15, 0.2) is 0 Å². The lowest BCUT2D eigenvalue weighted by Gasteiger charge is -2.34. The number of aliphatic imine (C=N–C) groups is 1. The molecule has 1 aromatic carbocycles. The van der Waals surface area contributed by atoms with E-state index in [0.29, 0.717) is 30.1 Å². The van der Waals surface area contributed by atoms with E-state index >= 15 is 0 Å². The number of carbonyl (C=O) groups excluding carboxylic acids is 2. The van der Waals surface area contributed by atoms with Gasteiger partial charge in [-0.1, -0.05) is 60.6 Å². The van der Waals surface area contributed by atoms with E-state index in [1.165, 1.54) is 40.3 Å². The number of rotatable bonds is 4. The number of nitrogens with zero attached hydrogens (tertiary/aromatic N) is 3. The second-order valence-corrected chi connectivity index (χ2v) is 12.8. The molecule has 1 aromatic heterocycles. The van der Waals surface area contributed by atoms with Crippen LogP contribution < -0.4 is 0 Å². The lowest BCUT2D eigenvalue weighted by atomic mass is 9.82. The Bertz CT molecular complexity index is 1530. The number of likely N-dealkylation sites (tertiary alicyclic amines) is 1.